The van der Waals surface area contributed by atoms with Gasteiger partial charge in [-0.3, -0.25) is 0 Å². The van der Waals surface area contributed by atoms with Crippen LogP contribution in [0, 0.1) is 20.8 Å². The van der Waals surface area contributed by atoms with Crippen molar-refractivity contribution in [1.82, 2.24) is 9.97 Å². The van der Waals surface area contributed by atoms with E-state index >= 15 is 0 Å². The first-order valence-electron chi connectivity index (χ1n) is 4.60. The van der Waals surface area contributed by atoms with Crippen LogP contribution in [0.1, 0.15) is 16.8 Å². The molecule has 0 atom stereocenters. The first-order valence-corrected chi connectivity index (χ1v) is 5.36. The molecule has 0 aliphatic carbocycles. The van der Waals surface area contributed by atoms with Crippen molar-refractivity contribution >= 4 is 34.2 Å². The summed E-state index contributed by atoms with van der Waals surface area (Å²) in [6, 6.07) is 1.99. The summed E-state index contributed by atoms with van der Waals surface area (Å²) in [4.78, 5) is 8.55. The van der Waals surface area contributed by atoms with Gasteiger partial charge in [0.15, 0.2) is 5.65 Å². The topological polar surface area (TPSA) is 25.8 Å². The maximum absolute atomic E-state index is 6.22. The molecule has 0 aromatic carbocycles. The largest absolute Gasteiger partial charge is 0.233 e. The summed E-state index contributed by atoms with van der Waals surface area (Å²) in [5.74, 6) is 0. The molecule has 4 heteroatoms. The molecule has 0 N–H and O–H groups in total. The maximum atomic E-state index is 6.22. The van der Waals surface area contributed by atoms with Crippen molar-refractivity contribution in [1.29, 1.82) is 0 Å². The summed E-state index contributed by atoms with van der Waals surface area (Å²) >= 11 is 12.2. The van der Waals surface area contributed by atoms with Gasteiger partial charge in [-0.15, -0.1) is 0 Å². The summed E-state index contributed by atoms with van der Waals surface area (Å²) < 4.78 is 0. The van der Waals surface area contributed by atoms with Crippen LogP contribution in [0.15, 0.2) is 6.07 Å². The molecule has 0 amide bonds. The Balaban J connectivity index is 2.99. The number of nitrogens with zero attached hydrogens (tertiary/aromatic N) is 2. The molecular formula is C11H10Cl2N2. The van der Waals surface area contributed by atoms with Crippen molar-refractivity contribution in [3.8, 4) is 0 Å². The van der Waals surface area contributed by atoms with Crippen LogP contribution in [0.25, 0.3) is 11.0 Å². The van der Waals surface area contributed by atoms with Gasteiger partial charge in [-0.25, -0.2) is 9.97 Å². The normalized spacial score (nSPS) is 11.0. The minimum absolute atomic E-state index is 0.421. The lowest BCUT2D eigenvalue weighted by Crippen LogP contribution is -1.94. The van der Waals surface area contributed by atoms with Crippen LogP contribution in [-0.2, 0) is 0 Å². The first-order chi connectivity index (χ1) is 7.00. The van der Waals surface area contributed by atoms with Gasteiger partial charge in [-0.05, 0) is 32.4 Å². The van der Waals surface area contributed by atoms with E-state index in [-0.39, 0.29) is 0 Å². The zero-order chi connectivity index (χ0) is 11.2. The molecular weight excluding hydrogens is 231 g/mol. The lowest BCUT2D eigenvalue weighted by molar-refractivity contribution is 1.18. The second-order valence-electron chi connectivity index (χ2n) is 3.62. The van der Waals surface area contributed by atoms with Gasteiger partial charge < -0.3 is 0 Å². The Bertz CT molecular complexity index is 550. The first kappa shape index (κ1) is 10.7. The third-order valence-corrected chi connectivity index (χ3v) is 3.23. The highest BCUT2D eigenvalue weighted by Crippen LogP contribution is 2.31. The molecule has 0 aliphatic rings. The number of pyridine rings is 2. The minimum Gasteiger partial charge on any atom is -0.233 e. The predicted molar refractivity (Wildman–Crippen MR) is 63.8 cm³/mol. The Morgan fingerprint density at radius 2 is 1.73 bits per heavy atom. The third-order valence-electron chi connectivity index (χ3n) is 2.39. The number of fused-ring (bicyclic) bond motifs is 1. The number of halogens is 2. The highest BCUT2D eigenvalue weighted by Gasteiger charge is 2.11. The van der Waals surface area contributed by atoms with E-state index in [4.69, 9.17) is 23.2 Å². The van der Waals surface area contributed by atoms with E-state index in [1.54, 1.807) is 0 Å². The van der Waals surface area contributed by atoms with Crippen LogP contribution < -0.4 is 0 Å². The number of hydrogen-bond acceptors (Lipinski definition) is 2. The highest BCUT2D eigenvalue weighted by molar-refractivity contribution is 6.39. The molecule has 0 saturated carbocycles. The van der Waals surface area contributed by atoms with Crippen molar-refractivity contribution in [2.45, 2.75) is 20.8 Å². The van der Waals surface area contributed by atoms with Crippen LogP contribution in [0.5, 0.6) is 0 Å². The van der Waals surface area contributed by atoms with Crippen LogP contribution in [-0.4, -0.2) is 9.97 Å². The van der Waals surface area contributed by atoms with E-state index in [1.165, 1.54) is 0 Å². The van der Waals surface area contributed by atoms with Crippen LogP contribution in [0.4, 0.5) is 0 Å². The van der Waals surface area contributed by atoms with E-state index in [0.29, 0.717) is 15.8 Å². The van der Waals surface area contributed by atoms with Crippen molar-refractivity contribution in [3.63, 3.8) is 0 Å². The monoisotopic (exact) mass is 240 g/mol. The summed E-state index contributed by atoms with van der Waals surface area (Å²) in [5, 5.41) is 1.96. The molecule has 2 rings (SSSR count). The number of hydrogen-bond donors (Lipinski definition) is 0. The van der Waals surface area contributed by atoms with E-state index in [2.05, 4.69) is 9.97 Å². The Morgan fingerprint density at radius 3 is 2.40 bits per heavy atom. The second-order valence-corrected chi connectivity index (χ2v) is 4.36. The number of rotatable bonds is 0. The molecule has 2 heterocycles. The lowest BCUT2D eigenvalue weighted by Gasteiger charge is -2.08. The van der Waals surface area contributed by atoms with Gasteiger partial charge in [0, 0.05) is 16.6 Å². The Morgan fingerprint density at radius 1 is 1.07 bits per heavy atom. The standard InChI is InChI=1S/C11H10Cl2N2/c1-5-4-6(2)14-11-8(5)9(12)7(3)10(13)15-11/h4H,1-3H3. The maximum Gasteiger partial charge on any atom is 0.162 e. The SMILES string of the molecule is Cc1cc(C)c2c(Cl)c(C)c(Cl)nc2n1. The quantitative estimate of drug-likeness (QED) is 0.654. The minimum atomic E-state index is 0.421. The van der Waals surface area contributed by atoms with Gasteiger partial charge in [0.05, 0.1) is 5.02 Å². The smallest absolute Gasteiger partial charge is 0.162 e. The molecule has 0 saturated heterocycles. The average molecular weight is 241 g/mol. The van der Waals surface area contributed by atoms with Gasteiger partial charge in [-0.1, -0.05) is 23.2 Å². The zero-order valence-corrected chi connectivity index (χ0v) is 10.2. The van der Waals surface area contributed by atoms with Crippen molar-refractivity contribution in [2.24, 2.45) is 0 Å². The van der Waals surface area contributed by atoms with Crippen LogP contribution >= 0.6 is 23.2 Å². The molecule has 78 valence electrons. The number of aryl methyl sites for hydroxylation is 2. The number of aromatic nitrogens is 2. The van der Waals surface area contributed by atoms with Crippen molar-refractivity contribution < 1.29 is 0 Å². The van der Waals surface area contributed by atoms with Crippen LogP contribution in [0.3, 0.4) is 0 Å². The Kier molecular flexibility index (Phi) is 2.57. The summed E-state index contributed by atoms with van der Waals surface area (Å²) in [6.45, 7) is 5.78. The van der Waals surface area contributed by atoms with Gasteiger partial charge in [0.1, 0.15) is 5.15 Å². The van der Waals surface area contributed by atoms with E-state index < -0.39 is 0 Å². The summed E-state index contributed by atoms with van der Waals surface area (Å²) in [7, 11) is 0. The highest BCUT2D eigenvalue weighted by atomic mass is 35.5. The molecule has 15 heavy (non-hydrogen) atoms. The predicted octanol–water partition coefficient (Wildman–Crippen LogP) is 3.86. The van der Waals surface area contributed by atoms with Gasteiger partial charge in [0.25, 0.3) is 0 Å². The lowest BCUT2D eigenvalue weighted by atomic mass is 10.1. The molecule has 0 spiro atoms. The molecule has 2 aromatic heterocycles. The fourth-order valence-corrected chi connectivity index (χ4v) is 2.17. The van der Waals surface area contributed by atoms with Crippen molar-refractivity contribution in [2.75, 3.05) is 0 Å². The molecule has 0 unspecified atom stereocenters. The van der Waals surface area contributed by atoms with E-state index in [0.717, 1.165) is 22.2 Å². The molecule has 0 radical (unpaired) electrons. The fourth-order valence-electron chi connectivity index (χ4n) is 1.62. The fraction of sp³-hybridized carbons (Fsp3) is 0.273. The second kappa shape index (κ2) is 3.62. The summed E-state index contributed by atoms with van der Waals surface area (Å²) in [5.41, 5.74) is 3.42. The summed E-state index contributed by atoms with van der Waals surface area (Å²) in [6.07, 6.45) is 0. The van der Waals surface area contributed by atoms with E-state index in [1.807, 2.05) is 26.8 Å². The van der Waals surface area contributed by atoms with Crippen LogP contribution in [0.2, 0.25) is 10.2 Å². The average Bonchev–Trinajstić information content (AvgIpc) is 2.13. The molecule has 0 bridgehead atoms. The third kappa shape index (κ3) is 1.68. The van der Waals surface area contributed by atoms with Crippen molar-refractivity contribution in [3.05, 3.63) is 33.1 Å². The Labute approximate surface area is 98.3 Å². The van der Waals surface area contributed by atoms with E-state index in [9.17, 15) is 0 Å². The molecule has 2 aromatic rings. The van der Waals surface area contributed by atoms with Gasteiger partial charge in [-0.2, -0.15) is 0 Å². The zero-order valence-electron chi connectivity index (χ0n) is 8.73. The van der Waals surface area contributed by atoms with Gasteiger partial charge >= 0.3 is 0 Å². The van der Waals surface area contributed by atoms with Gasteiger partial charge in [0.2, 0.25) is 0 Å². The molecule has 0 fully saturated rings. The molecule has 0 aliphatic heterocycles. The Hall–Kier alpha value is -0.860. The molecule has 2 nitrogen and oxygen atoms in total.